The lowest BCUT2D eigenvalue weighted by Crippen LogP contribution is -2.42. The molecule has 2 fully saturated rings. The molecule has 0 spiro atoms. The van der Waals surface area contributed by atoms with Crippen LogP contribution in [-0.4, -0.2) is 25.9 Å². The largest absolute Gasteiger partial charge is 0.378 e. The summed E-state index contributed by atoms with van der Waals surface area (Å²) in [5, 5.41) is 0. The van der Waals surface area contributed by atoms with Crippen LogP contribution in [0.1, 0.15) is 42.5 Å². The molecule has 23 heavy (non-hydrogen) atoms. The van der Waals surface area contributed by atoms with E-state index in [0.29, 0.717) is 17.9 Å². The normalized spacial score (nSPS) is 25.2. The number of hydrazine groups is 1. The Morgan fingerprint density at radius 2 is 2.00 bits per heavy atom. The highest BCUT2D eigenvalue weighted by molar-refractivity contribution is 5.96. The van der Waals surface area contributed by atoms with Crippen LogP contribution in [0.3, 0.4) is 0 Å². The highest BCUT2D eigenvalue weighted by Gasteiger charge is 2.40. The second-order valence-corrected chi connectivity index (χ2v) is 7.09. The fraction of sp³-hybridized carbons (Fsp3) is 0.556. The van der Waals surface area contributed by atoms with Crippen molar-refractivity contribution in [3.8, 4) is 0 Å². The summed E-state index contributed by atoms with van der Waals surface area (Å²) in [5.74, 6) is 1.69. The zero-order chi connectivity index (χ0) is 16.4. The third-order valence-electron chi connectivity index (χ3n) is 5.27. The summed E-state index contributed by atoms with van der Waals surface area (Å²) < 4.78 is 0. The predicted octanol–water partition coefficient (Wildman–Crippen LogP) is 2.34. The fourth-order valence-corrected chi connectivity index (χ4v) is 4.04. The molecule has 2 amide bonds. The number of nitrogens with one attached hydrogen (secondary N) is 2. The van der Waals surface area contributed by atoms with Crippen LogP contribution < -0.4 is 15.8 Å². The van der Waals surface area contributed by atoms with Crippen LogP contribution in [0.4, 0.5) is 5.69 Å². The first-order valence-corrected chi connectivity index (χ1v) is 8.39. The molecule has 0 aromatic heterocycles. The van der Waals surface area contributed by atoms with Gasteiger partial charge in [0.25, 0.3) is 5.91 Å². The molecule has 2 bridgehead atoms. The summed E-state index contributed by atoms with van der Waals surface area (Å²) in [6.45, 7) is 0. The molecular formula is C18H25N3O2. The Kier molecular flexibility index (Phi) is 4.55. The van der Waals surface area contributed by atoms with Gasteiger partial charge in [-0.05, 0) is 55.2 Å². The van der Waals surface area contributed by atoms with Gasteiger partial charge in [-0.3, -0.25) is 20.4 Å². The minimum absolute atomic E-state index is 0.0836. The Labute approximate surface area is 137 Å². The van der Waals surface area contributed by atoms with Crippen molar-refractivity contribution in [1.29, 1.82) is 0 Å². The number of nitrogens with zero attached hydrogens (tertiary/aromatic N) is 1. The molecule has 1 aromatic carbocycles. The van der Waals surface area contributed by atoms with Gasteiger partial charge in [0.15, 0.2) is 0 Å². The molecule has 1 aromatic rings. The first-order valence-electron chi connectivity index (χ1n) is 8.39. The number of rotatable bonds is 4. The molecule has 2 N–H and O–H groups in total. The van der Waals surface area contributed by atoms with Crippen molar-refractivity contribution in [3.63, 3.8) is 0 Å². The Morgan fingerprint density at radius 3 is 2.65 bits per heavy atom. The maximum Gasteiger partial charge on any atom is 0.269 e. The summed E-state index contributed by atoms with van der Waals surface area (Å²) in [6, 6.07) is 7.31. The third-order valence-corrected chi connectivity index (χ3v) is 5.27. The van der Waals surface area contributed by atoms with Crippen molar-refractivity contribution in [2.75, 3.05) is 19.0 Å². The van der Waals surface area contributed by atoms with Gasteiger partial charge < -0.3 is 4.90 Å². The van der Waals surface area contributed by atoms with Crippen molar-refractivity contribution in [3.05, 3.63) is 29.8 Å². The molecule has 0 radical (unpaired) electrons. The Morgan fingerprint density at radius 1 is 1.17 bits per heavy atom. The van der Waals surface area contributed by atoms with Crippen LogP contribution in [-0.2, 0) is 4.79 Å². The monoisotopic (exact) mass is 315 g/mol. The van der Waals surface area contributed by atoms with Gasteiger partial charge in [0.1, 0.15) is 0 Å². The molecule has 0 heterocycles. The van der Waals surface area contributed by atoms with Crippen molar-refractivity contribution in [2.45, 2.75) is 32.1 Å². The molecule has 124 valence electrons. The number of anilines is 1. The van der Waals surface area contributed by atoms with Gasteiger partial charge in [-0.2, -0.15) is 0 Å². The summed E-state index contributed by atoms with van der Waals surface area (Å²) in [7, 11) is 3.85. The highest BCUT2D eigenvalue weighted by Crippen LogP contribution is 2.49. The zero-order valence-electron chi connectivity index (χ0n) is 13.8. The average molecular weight is 315 g/mol. The van der Waals surface area contributed by atoms with E-state index < -0.39 is 0 Å². The van der Waals surface area contributed by atoms with Crippen LogP contribution in [0.15, 0.2) is 24.3 Å². The first-order chi connectivity index (χ1) is 11.0. The standard InChI is InChI=1S/C18H25N3O2/c1-21(2)16-5-3-4-14(10-16)18(23)20-19-17(22)11-15-9-12-6-7-13(15)8-12/h3-5,10,12-13,15H,6-9,11H2,1-2H3,(H,19,22)(H,20,23)/t12-,13-,15-/m1/s1. The number of carbonyl (C=O) groups excluding carboxylic acids is 2. The van der Waals surface area contributed by atoms with Crippen molar-refractivity contribution in [2.24, 2.45) is 17.8 Å². The van der Waals surface area contributed by atoms with Crippen LogP contribution in [0.25, 0.3) is 0 Å². The average Bonchev–Trinajstić information content (AvgIpc) is 3.15. The van der Waals surface area contributed by atoms with Gasteiger partial charge in [0, 0.05) is 31.8 Å². The van der Waals surface area contributed by atoms with Gasteiger partial charge in [0.2, 0.25) is 5.91 Å². The molecule has 3 atom stereocenters. The van der Waals surface area contributed by atoms with E-state index in [4.69, 9.17) is 0 Å². The number of amides is 2. The van der Waals surface area contributed by atoms with Gasteiger partial charge in [-0.25, -0.2) is 0 Å². The molecular weight excluding hydrogens is 290 g/mol. The molecule has 2 aliphatic carbocycles. The van der Waals surface area contributed by atoms with Crippen molar-refractivity contribution >= 4 is 17.5 Å². The highest BCUT2D eigenvalue weighted by atomic mass is 16.2. The van der Waals surface area contributed by atoms with Crippen LogP contribution >= 0.6 is 0 Å². The lowest BCUT2D eigenvalue weighted by molar-refractivity contribution is -0.123. The predicted molar refractivity (Wildman–Crippen MR) is 89.9 cm³/mol. The number of hydrogen-bond acceptors (Lipinski definition) is 3. The Bertz CT molecular complexity index is 600. The van der Waals surface area contributed by atoms with E-state index in [1.165, 1.54) is 25.7 Å². The van der Waals surface area contributed by atoms with E-state index in [2.05, 4.69) is 10.9 Å². The van der Waals surface area contributed by atoms with E-state index in [-0.39, 0.29) is 11.8 Å². The number of benzene rings is 1. The molecule has 0 saturated heterocycles. The van der Waals surface area contributed by atoms with E-state index >= 15 is 0 Å². The van der Waals surface area contributed by atoms with E-state index in [1.54, 1.807) is 12.1 Å². The van der Waals surface area contributed by atoms with Crippen LogP contribution in [0, 0.1) is 17.8 Å². The minimum atomic E-state index is -0.282. The Hall–Kier alpha value is -2.04. The molecule has 3 rings (SSSR count). The van der Waals surface area contributed by atoms with Crippen LogP contribution in [0.5, 0.6) is 0 Å². The molecule has 5 nitrogen and oxygen atoms in total. The lowest BCUT2D eigenvalue weighted by Gasteiger charge is -2.21. The van der Waals surface area contributed by atoms with E-state index in [0.717, 1.165) is 17.5 Å². The SMILES string of the molecule is CN(C)c1cccc(C(=O)NNC(=O)C[C@H]2C[C@@H]3CC[C@@H]2C3)c1. The van der Waals surface area contributed by atoms with E-state index in [1.807, 2.05) is 31.1 Å². The third kappa shape index (κ3) is 3.66. The smallest absolute Gasteiger partial charge is 0.269 e. The van der Waals surface area contributed by atoms with Gasteiger partial charge >= 0.3 is 0 Å². The van der Waals surface area contributed by atoms with Gasteiger partial charge in [-0.1, -0.05) is 12.5 Å². The van der Waals surface area contributed by atoms with Crippen LogP contribution in [0.2, 0.25) is 0 Å². The molecule has 2 saturated carbocycles. The number of carbonyl (C=O) groups is 2. The second kappa shape index (κ2) is 6.60. The van der Waals surface area contributed by atoms with E-state index in [9.17, 15) is 9.59 Å². The van der Waals surface area contributed by atoms with Gasteiger partial charge in [-0.15, -0.1) is 0 Å². The lowest BCUT2D eigenvalue weighted by atomic mass is 9.86. The maximum atomic E-state index is 12.1. The zero-order valence-corrected chi connectivity index (χ0v) is 13.8. The van der Waals surface area contributed by atoms with Crippen molar-refractivity contribution < 1.29 is 9.59 Å². The van der Waals surface area contributed by atoms with Gasteiger partial charge in [0.05, 0.1) is 0 Å². The Balaban J connectivity index is 1.48. The summed E-state index contributed by atoms with van der Waals surface area (Å²) >= 11 is 0. The number of hydrogen-bond donors (Lipinski definition) is 2. The minimum Gasteiger partial charge on any atom is -0.378 e. The molecule has 0 aliphatic heterocycles. The number of fused-ring (bicyclic) bond motifs is 2. The first kappa shape index (κ1) is 15.8. The fourth-order valence-electron chi connectivity index (χ4n) is 4.04. The summed E-state index contributed by atoms with van der Waals surface area (Å²) in [5.41, 5.74) is 6.58. The quantitative estimate of drug-likeness (QED) is 0.838. The molecule has 2 aliphatic rings. The summed E-state index contributed by atoms with van der Waals surface area (Å²) in [6.07, 6.45) is 5.60. The van der Waals surface area contributed by atoms with Crippen molar-refractivity contribution in [1.82, 2.24) is 10.9 Å². The maximum absolute atomic E-state index is 12.1. The molecule has 0 unspecified atom stereocenters. The molecule has 5 heteroatoms. The second-order valence-electron chi connectivity index (χ2n) is 7.09. The topological polar surface area (TPSA) is 61.4 Å². The summed E-state index contributed by atoms with van der Waals surface area (Å²) in [4.78, 5) is 26.1.